The van der Waals surface area contributed by atoms with Gasteiger partial charge >= 0.3 is 0 Å². The molecular formula is C22H32O6S. The van der Waals surface area contributed by atoms with E-state index in [0.29, 0.717) is 31.1 Å². The molecule has 0 bridgehead atoms. The van der Waals surface area contributed by atoms with Crippen LogP contribution in [0, 0.1) is 28.6 Å². The second-order valence-corrected chi connectivity index (χ2v) is 11.7. The van der Waals surface area contributed by atoms with Crippen LogP contribution in [-0.4, -0.2) is 43.6 Å². The number of aliphatic hydroxyl groups excluding tert-OH is 1. The normalized spacial score (nSPS) is 44.5. The Hall–Kier alpha value is -1.05. The molecule has 1 N–H and O–H groups in total. The number of ketones is 2. The predicted molar refractivity (Wildman–Crippen MR) is 107 cm³/mol. The molecule has 4 rings (SSSR count). The molecule has 6 atom stereocenters. The highest BCUT2D eigenvalue weighted by atomic mass is 32.2. The molecule has 0 aromatic rings. The third-order valence-corrected chi connectivity index (χ3v) is 9.56. The number of aliphatic hydroxyl groups is 1. The minimum absolute atomic E-state index is 0.0160. The van der Waals surface area contributed by atoms with Crippen LogP contribution in [0.25, 0.3) is 0 Å². The lowest BCUT2D eigenvalue weighted by atomic mass is 9.46. The van der Waals surface area contributed by atoms with E-state index in [9.17, 15) is 23.1 Å². The maximum atomic E-state index is 12.9. The molecule has 0 heterocycles. The summed E-state index contributed by atoms with van der Waals surface area (Å²) in [6, 6.07) is 0. The molecule has 0 spiro atoms. The fourth-order valence-electron chi connectivity index (χ4n) is 7.59. The summed E-state index contributed by atoms with van der Waals surface area (Å²) < 4.78 is 29.7. The van der Waals surface area contributed by atoms with Crippen molar-refractivity contribution in [3.8, 4) is 0 Å². The molecule has 162 valence electrons. The second kappa shape index (κ2) is 6.72. The van der Waals surface area contributed by atoms with Crippen LogP contribution >= 0.6 is 0 Å². The number of hydrogen-bond donors (Lipinski definition) is 1. The minimum Gasteiger partial charge on any atom is -0.388 e. The maximum Gasteiger partial charge on any atom is 0.265 e. The first kappa shape index (κ1) is 21.2. The fraction of sp³-hybridized carbons (Fsp3) is 0.818. The van der Waals surface area contributed by atoms with Gasteiger partial charge in [0.05, 0.1) is 6.26 Å². The molecule has 0 aromatic heterocycles. The second-order valence-electron chi connectivity index (χ2n) is 10.2. The number of allylic oxidation sites excluding steroid dienone is 1. The van der Waals surface area contributed by atoms with Gasteiger partial charge in [-0.05, 0) is 74.2 Å². The molecule has 3 fully saturated rings. The van der Waals surface area contributed by atoms with Crippen molar-refractivity contribution >= 4 is 21.7 Å². The summed E-state index contributed by atoms with van der Waals surface area (Å²) in [5, 5.41) is 9.65. The zero-order chi connectivity index (χ0) is 21.2. The highest BCUT2D eigenvalue weighted by Crippen LogP contribution is 2.68. The van der Waals surface area contributed by atoms with Gasteiger partial charge in [-0.1, -0.05) is 19.4 Å². The monoisotopic (exact) mass is 424 g/mol. The van der Waals surface area contributed by atoms with E-state index in [0.717, 1.165) is 38.4 Å². The van der Waals surface area contributed by atoms with Crippen molar-refractivity contribution in [1.29, 1.82) is 0 Å². The highest BCUT2D eigenvalue weighted by molar-refractivity contribution is 7.86. The van der Waals surface area contributed by atoms with Crippen LogP contribution in [0.4, 0.5) is 0 Å². The molecule has 0 radical (unpaired) electrons. The van der Waals surface area contributed by atoms with Crippen molar-refractivity contribution in [3.05, 3.63) is 11.6 Å². The number of fused-ring (bicyclic) bond motifs is 5. The van der Waals surface area contributed by atoms with Crippen LogP contribution in [0.3, 0.4) is 0 Å². The Balaban J connectivity index is 1.72. The quantitative estimate of drug-likeness (QED) is 0.697. The zero-order valence-corrected chi connectivity index (χ0v) is 18.4. The molecule has 4 aliphatic rings. The molecule has 0 unspecified atom stereocenters. The van der Waals surface area contributed by atoms with E-state index in [1.807, 2.05) is 13.0 Å². The molecule has 0 amide bonds. The topological polar surface area (TPSA) is 97.7 Å². The van der Waals surface area contributed by atoms with Gasteiger partial charge in [0.25, 0.3) is 10.1 Å². The number of carbonyl (C=O) groups is 2. The van der Waals surface area contributed by atoms with Crippen molar-refractivity contribution in [3.63, 3.8) is 0 Å². The Labute approximate surface area is 173 Å². The van der Waals surface area contributed by atoms with Gasteiger partial charge in [-0.15, -0.1) is 0 Å². The standard InChI is InChI=1S/C22H32O6S/c1-20-9-6-15(24)12-14(20)4-5-16-17(20)7-10-21(2)18(16)8-11-22(21,19(25)13-23)28-29(3,26)27/h12,16-18,23H,4-11,13H2,1-3H3/t16-,17+,18+,20+,21+,22+/m1/s1. The molecule has 0 saturated heterocycles. The fourth-order valence-corrected chi connectivity index (χ4v) is 8.47. The van der Waals surface area contributed by atoms with Crippen molar-refractivity contribution < 1.29 is 27.3 Å². The van der Waals surface area contributed by atoms with E-state index in [2.05, 4.69) is 6.92 Å². The maximum absolute atomic E-state index is 12.9. The number of rotatable bonds is 4. The summed E-state index contributed by atoms with van der Waals surface area (Å²) in [5.74, 6) is 0.700. The van der Waals surface area contributed by atoms with Gasteiger partial charge in [0.15, 0.2) is 17.2 Å². The molecular weight excluding hydrogens is 392 g/mol. The summed E-state index contributed by atoms with van der Waals surface area (Å²) >= 11 is 0. The molecule has 0 aromatic carbocycles. The SMILES string of the molecule is C[C@]12CCC(=O)C=C1CC[C@@H]1[C@@H]2CC[C@@]2(C)[C@H]1CC[C@]2(OS(C)(=O)=O)C(=O)CO. The van der Waals surface area contributed by atoms with E-state index < -0.39 is 33.5 Å². The van der Waals surface area contributed by atoms with Gasteiger partial charge in [-0.25, -0.2) is 0 Å². The van der Waals surface area contributed by atoms with Gasteiger partial charge in [0.2, 0.25) is 0 Å². The Morgan fingerprint density at radius 3 is 2.48 bits per heavy atom. The largest absolute Gasteiger partial charge is 0.388 e. The molecule has 3 saturated carbocycles. The van der Waals surface area contributed by atoms with E-state index in [4.69, 9.17) is 4.18 Å². The van der Waals surface area contributed by atoms with E-state index in [1.54, 1.807) is 0 Å². The van der Waals surface area contributed by atoms with Crippen LogP contribution in [0.5, 0.6) is 0 Å². The Morgan fingerprint density at radius 2 is 1.83 bits per heavy atom. The lowest BCUT2D eigenvalue weighted by Crippen LogP contribution is -2.59. The Kier molecular flexibility index (Phi) is 4.91. The first-order valence-electron chi connectivity index (χ1n) is 10.8. The number of hydrogen-bond acceptors (Lipinski definition) is 6. The van der Waals surface area contributed by atoms with Crippen molar-refractivity contribution in [2.24, 2.45) is 28.6 Å². The zero-order valence-electron chi connectivity index (χ0n) is 17.6. The van der Waals surface area contributed by atoms with Crippen LogP contribution in [0.2, 0.25) is 0 Å². The lowest BCUT2D eigenvalue weighted by Gasteiger charge is -2.59. The van der Waals surface area contributed by atoms with Gasteiger partial charge < -0.3 is 5.11 Å². The Bertz CT molecular complexity index is 876. The summed E-state index contributed by atoms with van der Waals surface area (Å²) in [4.78, 5) is 24.8. The van der Waals surface area contributed by atoms with Crippen LogP contribution < -0.4 is 0 Å². The van der Waals surface area contributed by atoms with Crippen molar-refractivity contribution in [2.45, 2.75) is 70.8 Å². The van der Waals surface area contributed by atoms with Crippen LogP contribution in [-0.2, 0) is 23.9 Å². The number of Topliss-reactive ketones (excluding diaryl/α,β-unsaturated/α-hetero) is 1. The Morgan fingerprint density at radius 1 is 1.14 bits per heavy atom. The summed E-state index contributed by atoms with van der Waals surface area (Å²) in [6.07, 6.45) is 8.82. The summed E-state index contributed by atoms with van der Waals surface area (Å²) in [5.41, 5.74) is -0.784. The molecule has 0 aliphatic heterocycles. The van der Waals surface area contributed by atoms with E-state index in [-0.39, 0.29) is 17.1 Å². The summed E-state index contributed by atoms with van der Waals surface area (Å²) in [6.45, 7) is 3.58. The van der Waals surface area contributed by atoms with E-state index >= 15 is 0 Å². The van der Waals surface area contributed by atoms with Gasteiger partial charge in [0, 0.05) is 11.8 Å². The molecule has 29 heavy (non-hydrogen) atoms. The van der Waals surface area contributed by atoms with E-state index in [1.165, 1.54) is 5.57 Å². The van der Waals surface area contributed by atoms with Crippen LogP contribution in [0.1, 0.15) is 65.2 Å². The smallest absolute Gasteiger partial charge is 0.265 e. The molecule has 7 heteroatoms. The van der Waals surface area contributed by atoms with Gasteiger partial charge in [-0.2, -0.15) is 8.42 Å². The molecule has 6 nitrogen and oxygen atoms in total. The van der Waals surface area contributed by atoms with Gasteiger partial charge in [-0.3, -0.25) is 13.8 Å². The predicted octanol–water partition coefficient (Wildman–Crippen LogP) is 2.79. The average molecular weight is 425 g/mol. The third kappa shape index (κ3) is 2.99. The molecule has 4 aliphatic carbocycles. The highest BCUT2D eigenvalue weighted by Gasteiger charge is 2.68. The average Bonchev–Trinajstić information content (AvgIpc) is 2.93. The third-order valence-electron chi connectivity index (χ3n) is 8.97. The minimum atomic E-state index is -3.85. The lowest BCUT2D eigenvalue weighted by molar-refractivity contribution is -0.157. The first-order valence-corrected chi connectivity index (χ1v) is 12.6. The van der Waals surface area contributed by atoms with Crippen molar-refractivity contribution in [1.82, 2.24) is 0 Å². The van der Waals surface area contributed by atoms with Gasteiger partial charge in [0.1, 0.15) is 6.61 Å². The summed E-state index contributed by atoms with van der Waals surface area (Å²) in [7, 11) is -3.85. The first-order chi connectivity index (χ1) is 13.5. The number of carbonyl (C=O) groups excluding carboxylic acids is 2. The van der Waals surface area contributed by atoms with Crippen LogP contribution in [0.15, 0.2) is 11.6 Å². The van der Waals surface area contributed by atoms with Crippen molar-refractivity contribution in [2.75, 3.05) is 12.9 Å².